The van der Waals surface area contributed by atoms with E-state index in [4.69, 9.17) is 45.9 Å². The average Bonchev–Trinajstić information content (AvgIpc) is 1.63. The van der Waals surface area contributed by atoms with Crippen molar-refractivity contribution >= 4 is 116 Å². The number of rotatable bonds is 27. The van der Waals surface area contributed by atoms with Crippen molar-refractivity contribution in [3.05, 3.63) is 35.9 Å². The van der Waals surface area contributed by atoms with Crippen molar-refractivity contribution < 1.29 is 67.4 Å². The average molecular weight is 1580 g/mol. The zero-order valence-corrected chi connectivity index (χ0v) is 65.1. The van der Waals surface area contributed by atoms with E-state index in [1.165, 1.54) is 9.80 Å². The molecule has 0 aromatic heterocycles. The van der Waals surface area contributed by atoms with Crippen LogP contribution in [-0.2, 0) is 68.7 Å². The molecule has 15 atom stereocenters. The van der Waals surface area contributed by atoms with Crippen molar-refractivity contribution in [2.75, 3.05) is 63.9 Å². The molecular weight excluding hydrogens is 1470 g/mol. The van der Waals surface area contributed by atoms with E-state index in [2.05, 4.69) is 73.5 Å². The van der Waals surface area contributed by atoms with Gasteiger partial charge in [-0.2, -0.15) is 0 Å². The third-order valence-corrected chi connectivity index (χ3v) is 22.1. The van der Waals surface area contributed by atoms with Crippen LogP contribution in [-0.4, -0.2) is 252 Å². The van der Waals surface area contributed by atoms with Crippen LogP contribution in [0.4, 0.5) is 0 Å². The van der Waals surface area contributed by atoms with Crippen LogP contribution in [0.25, 0.3) is 0 Å². The van der Waals surface area contributed by atoms with E-state index in [0.717, 1.165) is 21.6 Å². The normalized spacial score (nSPS) is 26.5. The Labute approximate surface area is 649 Å². The number of amides is 13. The molecule has 2 bridgehead atoms. The maximum atomic E-state index is 15.4. The van der Waals surface area contributed by atoms with E-state index in [9.17, 15) is 43.5 Å². The summed E-state index contributed by atoms with van der Waals surface area (Å²) in [6, 6.07) is -10.3. The molecular formula is C70H118N24O14S2. The quantitative estimate of drug-likeness (QED) is 0.0169. The van der Waals surface area contributed by atoms with Gasteiger partial charge in [-0.05, 0) is 133 Å². The Bertz CT molecular complexity index is 3350. The molecule has 5 rings (SSSR count). The van der Waals surface area contributed by atoms with Crippen molar-refractivity contribution in [2.45, 2.75) is 228 Å². The number of guanidine groups is 3. The summed E-state index contributed by atoms with van der Waals surface area (Å²) >= 11 is 0. The van der Waals surface area contributed by atoms with Gasteiger partial charge in [0.2, 0.25) is 76.8 Å². The van der Waals surface area contributed by atoms with E-state index < -0.39 is 174 Å². The monoisotopic (exact) mass is 1580 g/mol. The Morgan fingerprint density at radius 1 is 0.427 bits per heavy atom. The molecule has 38 nitrogen and oxygen atoms in total. The summed E-state index contributed by atoms with van der Waals surface area (Å²) in [5, 5.41) is 40.9. The number of unbranched alkanes of at least 4 members (excludes halogenated alkanes) is 2. The predicted octanol–water partition coefficient (Wildman–Crippen LogP) is -5.54. The molecule has 4 aliphatic heterocycles. The first-order chi connectivity index (χ1) is 52.5. The fraction of sp³-hybridized carbons (Fsp3) is 0.686. The Hall–Kier alpha value is -9.28. The van der Waals surface area contributed by atoms with Crippen LogP contribution in [0.3, 0.4) is 0 Å². The summed E-state index contributed by atoms with van der Waals surface area (Å²) in [5.41, 5.74) is 46.3. The minimum absolute atomic E-state index is 0.0254. The van der Waals surface area contributed by atoms with Gasteiger partial charge in [-0.1, -0.05) is 92.5 Å². The highest BCUT2D eigenvalue weighted by molar-refractivity contribution is 8.76. The molecule has 4 heterocycles. The summed E-state index contributed by atoms with van der Waals surface area (Å²) in [6.45, 7) is 6.42. The summed E-state index contributed by atoms with van der Waals surface area (Å²) in [7, 11) is 1.85. The number of aliphatic imine (C=N–C) groups is 3. The minimum atomic E-state index is -1.70. The molecule has 4 aliphatic rings. The fourth-order valence-corrected chi connectivity index (χ4v) is 15.3. The number of fused-ring (bicyclic) bond motifs is 7. The lowest BCUT2D eigenvalue weighted by molar-refractivity contribution is -0.149. The predicted molar refractivity (Wildman–Crippen MR) is 417 cm³/mol. The van der Waals surface area contributed by atoms with Gasteiger partial charge in [-0.3, -0.25) is 77.3 Å². The van der Waals surface area contributed by atoms with Crippen LogP contribution in [0.1, 0.15) is 149 Å². The number of aliphatic hydroxyl groups is 1. The van der Waals surface area contributed by atoms with Crippen LogP contribution in [0, 0.1) is 11.8 Å². The lowest BCUT2D eigenvalue weighted by atomic mass is 9.96. The molecule has 0 saturated carbocycles. The number of aliphatic hydroxyl groups excluding tert-OH is 1. The van der Waals surface area contributed by atoms with E-state index in [1.807, 2.05) is 0 Å². The number of nitrogens with one attached hydrogen (secondary N) is 11. The van der Waals surface area contributed by atoms with Gasteiger partial charge in [0.15, 0.2) is 17.9 Å². The van der Waals surface area contributed by atoms with E-state index in [1.54, 1.807) is 58.0 Å². The van der Waals surface area contributed by atoms with Gasteiger partial charge in [0.05, 0.1) is 6.61 Å². The van der Waals surface area contributed by atoms with Crippen LogP contribution < -0.4 is 104 Å². The van der Waals surface area contributed by atoms with Crippen molar-refractivity contribution in [3.8, 4) is 0 Å². The molecule has 0 aliphatic carbocycles. The van der Waals surface area contributed by atoms with Crippen LogP contribution in [0.5, 0.6) is 0 Å². The Kier molecular flexibility index (Phi) is 39.6. The standard InChI is InChI=1S/C70H118N24O14S2/c1-5-39(3)53-65(106)90-50-38-110-109-37-49(89-59(100)46(25-16-32-81-70(77)78)84-56(97)44(23-14-30-79-68(73)74)83-57(98)45(24-15-31-80-69(75)76)85-60(101)47(87-63(50)104)35-41-19-8-7-9-20-41)62(103)86-42(21-10-12-28-71)55(96)82-43(22-11-13-29-72)58(99)88-48(36-95)61(102)92-54(40(4)6-2)67(108)94-34-18-27-52(94)66(107)93-33-17-26-51(93)64(105)91-53/h7-9,19-20,39-40,42-54,95H,5-6,10-18,21-38,71-72H2,1-4H3,(H,82,96)(H,83,98)(H,84,97)(H,85,101)(H,86,103)(H,87,104)(H,88,99)(H,89,100)(H,90,106)(H,91,105)(H,92,102)(H4,73,74,79)(H4,75,76,80)(H4,77,78,81)/t39-,40-,42-,43-,44-,45-,46-,47-,48-,49-,50-,51-,52-,53-,54-/m0/s1. The van der Waals surface area contributed by atoms with Crippen molar-refractivity contribution in [2.24, 2.45) is 72.7 Å². The van der Waals surface area contributed by atoms with E-state index in [0.29, 0.717) is 44.1 Å². The minimum Gasteiger partial charge on any atom is -0.394 e. The molecule has 0 spiro atoms. The second kappa shape index (κ2) is 47.7. The number of hydrogen-bond donors (Lipinski definition) is 20. The molecule has 614 valence electrons. The number of nitrogens with two attached hydrogens (primary N) is 8. The highest BCUT2D eigenvalue weighted by Crippen LogP contribution is 2.29. The first-order valence-corrected chi connectivity index (χ1v) is 40.5. The topological polar surface area (TPSA) is 626 Å². The first-order valence-electron chi connectivity index (χ1n) is 38.0. The second-order valence-corrected chi connectivity index (χ2v) is 30.6. The SMILES string of the molecule is CC[C@H](C)[C@@H]1NC(=O)[C@@H]2CCCN2C(=O)[C@@H]2CCCN2C(=O)[C@H]([C@@H](C)CC)NC(=O)[C@H](CO)NC(=O)[C@H](CCCCN)NC(=O)[C@H](CCCCN)NC(=O)[C@@H]2CSSC[C@H](NC1=O)C(=O)N[C@@H](Cc1ccccc1)C(=O)N[C@@H](CCCN=C(N)N)C(=O)N[C@@H](CCCN=C(N)N)C(=O)N[C@@H](CCCN=C(N)N)C(=O)N2. The van der Waals surface area contributed by atoms with Gasteiger partial charge in [0.25, 0.3) is 0 Å². The number of carbonyl (C=O) groups excluding carboxylic acids is 13. The summed E-state index contributed by atoms with van der Waals surface area (Å²) < 4.78 is 0. The number of hydrogen-bond acceptors (Lipinski definition) is 21. The maximum Gasteiger partial charge on any atom is 0.246 e. The molecule has 40 heteroatoms. The molecule has 4 fully saturated rings. The Morgan fingerprint density at radius 2 is 0.782 bits per heavy atom. The largest absolute Gasteiger partial charge is 0.394 e. The highest BCUT2D eigenvalue weighted by Gasteiger charge is 2.46. The number of benzene rings is 1. The second-order valence-electron chi connectivity index (χ2n) is 28.0. The lowest BCUT2D eigenvalue weighted by Gasteiger charge is -2.35. The highest BCUT2D eigenvalue weighted by atomic mass is 33.1. The summed E-state index contributed by atoms with van der Waals surface area (Å²) in [5.74, 6) is -14.0. The summed E-state index contributed by atoms with van der Waals surface area (Å²) in [4.78, 5) is 210. The van der Waals surface area contributed by atoms with E-state index >= 15 is 24.0 Å². The molecule has 13 amide bonds. The molecule has 1 aromatic carbocycles. The van der Waals surface area contributed by atoms with Gasteiger partial charge < -0.3 is 119 Å². The van der Waals surface area contributed by atoms with Gasteiger partial charge in [-0.25, -0.2) is 0 Å². The third kappa shape index (κ3) is 29.5. The molecule has 4 saturated heterocycles. The number of nitrogens with zero attached hydrogens (tertiary/aromatic N) is 5. The maximum absolute atomic E-state index is 15.4. The van der Waals surface area contributed by atoms with Crippen molar-refractivity contribution in [3.63, 3.8) is 0 Å². The zero-order valence-electron chi connectivity index (χ0n) is 63.5. The van der Waals surface area contributed by atoms with Crippen molar-refractivity contribution in [1.82, 2.24) is 68.3 Å². The van der Waals surface area contributed by atoms with Crippen LogP contribution in [0.2, 0.25) is 0 Å². The van der Waals surface area contributed by atoms with Gasteiger partial charge in [0.1, 0.15) is 78.5 Å². The summed E-state index contributed by atoms with van der Waals surface area (Å²) in [6.07, 6.45) is 2.21. The lowest BCUT2D eigenvalue weighted by Crippen LogP contribution is -2.62. The molecule has 1 aromatic rings. The first kappa shape index (κ1) is 91.3. The zero-order chi connectivity index (χ0) is 81.0. The Morgan fingerprint density at radius 3 is 1.21 bits per heavy atom. The van der Waals surface area contributed by atoms with Gasteiger partial charge in [-0.15, -0.1) is 0 Å². The van der Waals surface area contributed by atoms with Gasteiger partial charge >= 0.3 is 0 Å². The van der Waals surface area contributed by atoms with Crippen molar-refractivity contribution in [1.29, 1.82) is 0 Å². The van der Waals surface area contributed by atoms with E-state index in [-0.39, 0.29) is 159 Å². The van der Waals surface area contributed by atoms with Crippen LogP contribution in [0.15, 0.2) is 45.3 Å². The smallest absolute Gasteiger partial charge is 0.246 e. The molecule has 0 unspecified atom stereocenters. The van der Waals surface area contributed by atoms with Crippen LogP contribution >= 0.6 is 21.6 Å². The fourth-order valence-electron chi connectivity index (χ4n) is 13.0. The molecule has 28 N–H and O–H groups in total. The number of carbonyl (C=O) groups is 13. The molecule has 0 radical (unpaired) electrons. The third-order valence-electron chi connectivity index (χ3n) is 19.7. The molecule has 110 heavy (non-hydrogen) atoms. The van der Waals surface area contributed by atoms with Gasteiger partial charge in [0, 0.05) is 50.7 Å². The Balaban J connectivity index is 1.76.